The van der Waals surface area contributed by atoms with Gasteiger partial charge in [0.25, 0.3) is 5.91 Å². The maximum absolute atomic E-state index is 13.3. The molecule has 28 heavy (non-hydrogen) atoms. The molecule has 0 saturated carbocycles. The minimum Gasteiger partial charge on any atom is -0.486 e. The second kappa shape index (κ2) is 5.94. The van der Waals surface area contributed by atoms with E-state index in [2.05, 4.69) is 6.07 Å². The number of carbonyl (C=O) groups is 2. The zero-order valence-corrected chi connectivity index (χ0v) is 17.0. The minimum atomic E-state index is -0.583. The fourth-order valence-corrected chi connectivity index (χ4v) is 5.12. The van der Waals surface area contributed by atoms with Gasteiger partial charge in [0, 0.05) is 30.3 Å². The summed E-state index contributed by atoms with van der Waals surface area (Å²) in [7, 11) is 0. The minimum absolute atomic E-state index is 0.0342. The molecule has 1 spiro atoms. The van der Waals surface area contributed by atoms with Crippen molar-refractivity contribution in [2.45, 2.75) is 52.6 Å². The number of ether oxygens (including phenoxy) is 1. The van der Waals surface area contributed by atoms with Crippen molar-refractivity contribution < 1.29 is 14.3 Å². The smallest absolute Gasteiger partial charge is 0.257 e. The van der Waals surface area contributed by atoms with Gasteiger partial charge in [-0.05, 0) is 38.3 Å². The van der Waals surface area contributed by atoms with Gasteiger partial charge in [-0.1, -0.05) is 32.1 Å². The summed E-state index contributed by atoms with van der Waals surface area (Å²) in [6, 6.07) is 7.83. The SMILES string of the molecule is CC1(C)Cc2cccc(C(=O)N3CC[C@]4(C=C(C#N)C(=O)C(C)(C)C4)C3)c2O1. The second-order valence-corrected chi connectivity index (χ2v) is 9.73. The van der Waals surface area contributed by atoms with Crippen LogP contribution >= 0.6 is 0 Å². The molecule has 5 heteroatoms. The lowest BCUT2D eigenvalue weighted by Gasteiger charge is -2.38. The van der Waals surface area contributed by atoms with Crippen molar-refractivity contribution in [2.75, 3.05) is 13.1 Å². The molecule has 1 atom stereocenters. The summed E-state index contributed by atoms with van der Waals surface area (Å²) in [5, 5.41) is 9.41. The molecule has 0 bridgehead atoms. The topological polar surface area (TPSA) is 70.4 Å². The molecule has 3 aliphatic rings. The third-order valence-corrected chi connectivity index (χ3v) is 6.22. The molecule has 146 valence electrons. The predicted octanol–water partition coefficient (Wildman–Crippen LogP) is 3.68. The van der Waals surface area contributed by atoms with Gasteiger partial charge < -0.3 is 9.64 Å². The Labute approximate surface area is 166 Å². The van der Waals surface area contributed by atoms with Crippen LogP contribution in [0.4, 0.5) is 0 Å². The molecule has 1 aromatic rings. The van der Waals surface area contributed by atoms with Crippen LogP contribution in [0, 0.1) is 22.2 Å². The molecule has 2 aliphatic heterocycles. The Morgan fingerprint density at radius 2 is 2.00 bits per heavy atom. The van der Waals surface area contributed by atoms with Gasteiger partial charge in [-0.25, -0.2) is 0 Å². The summed E-state index contributed by atoms with van der Waals surface area (Å²) in [5.41, 5.74) is 0.715. The third kappa shape index (κ3) is 2.92. The maximum atomic E-state index is 13.3. The second-order valence-electron chi connectivity index (χ2n) is 9.73. The first kappa shape index (κ1) is 18.7. The number of likely N-dealkylation sites (tertiary alicyclic amines) is 1. The lowest BCUT2D eigenvalue weighted by molar-refractivity contribution is -0.125. The van der Waals surface area contributed by atoms with Crippen LogP contribution in [0.5, 0.6) is 5.75 Å². The summed E-state index contributed by atoms with van der Waals surface area (Å²) in [4.78, 5) is 27.6. The number of nitrogens with zero attached hydrogens (tertiary/aromatic N) is 2. The van der Waals surface area contributed by atoms with E-state index in [1.807, 2.05) is 56.9 Å². The number of nitriles is 1. The number of hydrogen-bond donors (Lipinski definition) is 0. The van der Waals surface area contributed by atoms with Gasteiger partial charge in [0.15, 0.2) is 5.78 Å². The first-order valence-corrected chi connectivity index (χ1v) is 9.84. The highest BCUT2D eigenvalue weighted by Gasteiger charge is 2.49. The molecular formula is C23H26N2O3. The Hall–Kier alpha value is -2.61. The van der Waals surface area contributed by atoms with E-state index in [0.29, 0.717) is 30.8 Å². The van der Waals surface area contributed by atoms with Gasteiger partial charge in [-0.2, -0.15) is 5.26 Å². The average molecular weight is 378 g/mol. The molecule has 1 saturated heterocycles. The Morgan fingerprint density at radius 3 is 2.71 bits per heavy atom. The summed E-state index contributed by atoms with van der Waals surface area (Å²) in [6.45, 7) is 8.99. The largest absolute Gasteiger partial charge is 0.486 e. The highest BCUT2D eigenvalue weighted by Crippen LogP contribution is 2.48. The maximum Gasteiger partial charge on any atom is 0.257 e. The predicted molar refractivity (Wildman–Crippen MR) is 105 cm³/mol. The third-order valence-electron chi connectivity index (χ3n) is 6.22. The number of ketones is 1. The molecule has 0 unspecified atom stereocenters. The number of Topliss-reactive ketones (excluding diaryl/α,β-unsaturated/α-hetero) is 1. The van der Waals surface area contributed by atoms with Crippen LogP contribution in [0.1, 0.15) is 56.5 Å². The van der Waals surface area contributed by atoms with Crippen LogP contribution < -0.4 is 4.74 Å². The highest BCUT2D eigenvalue weighted by atomic mass is 16.5. The number of para-hydroxylation sites is 1. The summed E-state index contributed by atoms with van der Waals surface area (Å²) < 4.78 is 6.08. The van der Waals surface area contributed by atoms with Crippen LogP contribution in [0.25, 0.3) is 0 Å². The van der Waals surface area contributed by atoms with Crippen molar-refractivity contribution in [3.05, 3.63) is 41.0 Å². The number of amides is 1. The van der Waals surface area contributed by atoms with Gasteiger partial charge in [-0.3, -0.25) is 9.59 Å². The van der Waals surface area contributed by atoms with Gasteiger partial charge in [0.1, 0.15) is 17.4 Å². The van der Waals surface area contributed by atoms with Crippen molar-refractivity contribution in [2.24, 2.45) is 10.8 Å². The number of benzene rings is 1. The summed E-state index contributed by atoms with van der Waals surface area (Å²) in [5.74, 6) is 0.570. The van der Waals surface area contributed by atoms with E-state index < -0.39 is 5.41 Å². The molecule has 1 fully saturated rings. The van der Waals surface area contributed by atoms with Crippen molar-refractivity contribution in [1.29, 1.82) is 5.26 Å². The van der Waals surface area contributed by atoms with Crippen molar-refractivity contribution >= 4 is 11.7 Å². The van der Waals surface area contributed by atoms with E-state index in [1.165, 1.54) is 0 Å². The number of carbonyl (C=O) groups excluding carboxylic acids is 2. The van der Waals surface area contributed by atoms with E-state index in [9.17, 15) is 14.9 Å². The molecule has 0 aromatic heterocycles. The average Bonchev–Trinajstić information content (AvgIpc) is 3.16. The molecule has 1 amide bonds. The number of allylic oxidation sites excluding steroid dienone is 1. The van der Waals surface area contributed by atoms with E-state index in [-0.39, 0.29) is 28.3 Å². The van der Waals surface area contributed by atoms with Gasteiger partial charge in [-0.15, -0.1) is 0 Å². The Morgan fingerprint density at radius 1 is 1.25 bits per heavy atom. The van der Waals surface area contributed by atoms with Gasteiger partial charge in [0.05, 0.1) is 11.1 Å². The van der Waals surface area contributed by atoms with E-state index >= 15 is 0 Å². The molecule has 1 aliphatic carbocycles. The van der Waals surface area contributed by atoms with Gasteiger partial charge >= 0.3 is 0 Å². The number of fused-ring (bicyclic) bond motifs is 1. The number of rotatable bonds is 1. The molecular weight excluding hydrogens is 352 g/mol. The molecule has 0 N–H and O–H groups in total. The van der Waals surface area contributed by atoms with E-state index in [1.54, 1.807) is 0 Å². The van der Waals surface area contributed by atoms with Crippen molar-refractivity contribution in [3.8, 4) is 11.8 Å². The van der Waals surface area contributed by atoms with Crippen LogP contribution in [0.3, 0.4) is 0 Å². The van der Waals surface area contributed by atoms with Crippen molar-refractivity contribution in [1.82, 2.24) is 4.90 Å². The number of hydrogen-bond acceptors (Lipinski definition) is 4. The monoisotopic (exact) mass is 378 g/mol. The Balaban J connectivity index is 1.62. The van der Waals surface area contributed by atoms with Crippen LogP contribution in [-0.2, 0) is 11.2 Å². The Bertz CT molecular complexity index is 951. The summed E-state index contributed by atoms with van der Waals surface area (Å²) in [6.07, 6.45) is 4.03. The molecule has 5 nitrogen and oxygen atoms in total. The van der Waals surface area contributed by atoms with Crippen LogP contribution in [0.2, 0.25) is 0 Å². The molecule has 0 radical (unpaired) electrons. The summed E-state index contributed by atoms with van der Waals surface area (Å²) >= 11 is 0. The van der Waals surface area contributed by atoms with Gasteiger partial charge in [0.2, 0.25) is 0 Å². The fourth-order valence-electron chi connectivity index (χ4n) is 5.12. The lowest BCUT2D eigenvalue weighted by Crippen LogP contribution is -2.40. The van der Waals surface area contributed by atoms with E-state index in [0.717, 1.165) is 18.4 Å². The zero-order chi connectivity index (χ0) is 20.3. The lowest BCUT2D eigenvalue weighted by atomic mass is 9.64. The van der Waals surface area contributed by atoms with E-state index in [4.69, 9.17) is 4.74 Å². The highest BCUT2D eigenvalue weighted by molar-refractivity contribution is 6.04. The normalized spacial score (nSPS) is 27.2. The Kier molecular flexibility index (Phi) is 3.98. The fraction of sp³-hybridized carbons (Fsp3) is 0.522. The molecule has 1 aromatic carbocycles. The van der Waals surface area contributed by atoms with Crippen LogP contribution in [0.15, 0.2) is 29.8 Å². The first-order chi connectivity index (χ1) is 13.1. The standard InChI is InChI=1S/C23H26N2O3/c1-21(2)13-23(11-16(12-24)19(21)26)8-9-25(14-23)20(27)17-7-5-6-15-10-22(3,4)28-18(15)17/h5-7,11H,8-10,13-14H2,1-4H3/t23-/m1/s1. The first-order valence-electron chi connectivity index (χ1n) is 9.84. The molecule has 2 heterocycles. The quantitative estimate of drug-likeness (QED) is 0.747. The van der Waals surface area contributed by atoms with Crippen molar-refractivity contribution in [3.63, 3.8) is 0 Å². The zero-order valence-electron chi connectivity index (χ0n) is 17.0. The molecule has 4 rings (SSSR count). The van der Waals surface area contributed by atoms with Crippen LogP contribution in [-0.4, -0.2) is 35.3 Å².